The molecule has 1 fully saturated rings. The van der Waals surface area contributed by atoms with E-state index in [9.17, 15) is 13.2 Å². The lowest BCUT2D eigenvalue weighted by atomic mass is 9.81. The summed E-state index contributed by atoms with van der Waals surface area (Å²) >= 11 is 0. The van der Waals surface area contributed by atoms with E-state index in [0.717, 1.165) is 23.9 Å². The Kier molecular flexibility index (Phi) is 3.05. The van der Waals surface area contributed by atoms with E-state index in [0.29, 0.717) is 11.4 Å². The minimum Gasteiger partial charge on any atom is -0.240 e. The highest BCUT2D eigenvalue weighted by atomic mass is 19.4. The molecule has 0 N–H and O–H groups in total. The fourth-order valence-electron chi connectivity index (χ4n) is 1.97. The summed E-state index contributed by atoms with van der Waals surface area (Å²) in [6.45, 7) is -1.13. The lowest BCUT2D eigenvalue weighted by Crippen LogP contribution is -2.24. The molecule has 1 aromatic rings. The quantitative estimate of drug-likeness (QED) is 0.818. The van der Waals surface area contributed by atoms with Gasteiger partial charge in [-0.25, -0.2) is 4.68 Å². The normalized spacial score (nSPS) is 16.6. The number of aromatic nitrogens is 3. The van der Waals surface area contributed by atoms with Gasteiger partial charge in [0.15, 0.2) is 0 Å². The second-order valence-corrected chi connectivity index (χ2v) is 4.16. The zero-order valence-corrected chi connectivity index (χ0v) is 9.04. The van der Waals surface area contributed by atoms with Crippen LogP contribution in [-0.2, 0) is 13.0 Å². The van der Waals surface area contributed by atoms with Gasteiger partial charge in [0.05, 0.1) is 18.2 Å². The first-order valence-corrected chi connectivity index (χ1v) is 5.37. The summed E-state index contributed by atoms with van der Waals surface area (Å²) in [5.74, 6) is 0.0794. The van der Waals surface area contributed by atoms with Crippen LogP contribution in [0, 0.1) is 11.3 Å². The molecular weight excluding hydrogens is 233 g/mol. The van der Waals surface area contributed by atoms with Gasteiger partial charge >= 0.3 is 6.18 Å². The molecule has 0 bridgehead atoms. The SMILES string of the molecule is N#CCc1nnn(CC(F)(F)F)c1C1CCC1. The van der Waals surface area contributed by atoms with Gasteiger partial charge in [-0.3, -0.25) is 0 Å². The Labute approximate surface area is 96.0 Å². The lowest BCUT2D eigenvalue weighted by Gasteiger charge is -2.26. The Morgan fingerprint density at radius 1 is 1.41 bits per heavy atom. The Morgan fingerprint density at radius 2 is 2.12 bits per heavy atom. The minimum absolute atomic E-state index is 0.0176. The van der Waals surface area contributed by atoms with E-state index in [1.807, 2.05) is 6.07 Å². The smallest absolute Gasteiger partial charge is 0.240 e. The zero-order valence-electron chi connectivity index (χ0n) is 9.04. The van der Waals surface area contributed by atoms with E-state index in [1.54, 1.807) is 0 Å². The topological polar surface area (TPSA) is 54.5 Å². The van der Waals surface area contributed by atoms with Gasteiger partial charge in [-0.05, 0) is 12.8 Å². The molecule has 1 aromatic heterocycles. The molecule has 0 amide bonds. The van der Waals surface area contributed by atoms with Gasteiger partial charge < -0.3 is 0 Å². The first kappa shape index (κ1) is 11.9. The fourth-order valence-corrected chi connectivity index (χ4v) is 1.97. The number of alkyl halides is 3. The maximum atomic E-state index is 12.3. The van der Waals surface area contributed by atoms with Crippen LogP contribution in [0.25, 0.3) is 0 Å². The van der Waals surface area contributed by atoms with Crippen molar-refractivity contribution in [2.24, 2.45) is 0 Å². The summed E-state index contributed by atoms with van der Waals surface area (Å²) < 4.78 is 37.9. The molecule has 7 heteroatoms. The summed E-state index contributed by atoms with van der Waals surface area (Å²) in [6, 6.07) is 1.91. The summed E-state index contributed by atoms with van der Waals surface area (Å²) in [5.41, 5.74) is 0.886. The molecule has 4 nitrogen and oxygen atoms in total. The molecular formula is C10H11F3N4. The Hall–Kier alpha value is -1.58. The Balaban J connectivity index is 2.28. The third-order valence-electron chi connectivity index (χ3n) is 2.91. The van der Waals surface area contributed by atoms with Crippen LogP contribution in [0.3, 0.4) is 0 Å². The van der Waals surface area contributed by atoms with E-state index in [-0.39, 0.29) is 12.3 Å². The van der Waals surface area contributed by atoms with Gasteiger partial charge in [-0.15, -0.1) is 5.10 Å². The van der Waals surface area contributed by atoms with Crippen molar-refractivity contribution in [3.63, 3.8) is 0 Å². The van der Waals surface area contributed by atoms with Crippen molar-refractivity contribution in [3.05, 3.63) is 11.4 Å². The van der Waals surface area contributed by atoms with Crippen LogP contribution < -0.4 is 0 Å². The van der Waals surface area contributed by atoms with Crippen molar-refractivity contribution >= 4 is 0 Å². The van der Waals surface area contributed by atoms with Crippen molar-refractivity contribution in [3.8, 4) is 6.07 Å². The van der Waals surface area contributed by atoms with Crippen LogP contribution in [0.2, 0.25) is 0 Å². The molecule has 2 rings (SSSR count). The highest BCUT2D eigenvalue weighted by Crippen LogP contribution is 2.38. The Bertz CT molecular complexity index is 439. The molecule has 1 aliphatic rings. The third kappa shape index (κ3) is 2.57. The van der Waals surface area contributed by atoms with Crippen molar-refractivity contribution < 1.29 is 13.2 Å². The molecule has 0 unspecified atom stereocenters. The molecule has 1 aliphatic carbocycles. The number of nitriles is 1. The first-order chi connectivity index (χ1) is 8.01. The second-order valence-electron chi connectivity index (χ2n) is 4.16. The van der Waals surface area contributed by atoms with E-state index >= 15 is 0 Å². The number of hydrogen-bond acceptors (Lipinski definition) is 3. The Morgan fingerprint density at radius 3 is 2.59 bits per heavy atom. The van der Waals surface area contributed by atoms with E-state index < -0.39 is 12.7 Å². The van der Waals surface area contributed by atoms with Gasteiger partial charge in [-0.2, -0.15) is 18.4 Å². The van der Waals surface area contributed by atoms with Crippen molar-refractivity contribution in [2.75, 3.05) is 0 Å². The molecule has 17 heavy (non-hydrogen) atoms. The molecule has 0 atom stereocenters. The monoisotopic (exact) mass is 244 g/mol. The van der Waals surface area contributed by atoms with Gasteiger partial charge in [-0.1, -0.05) is 11.6 Å². The highest BCUT2D eigenvalue weighted by Gasteiger charge is 2.34. The van der Waals surface area contributed by atoms with Crippen molar-refractivity contribution in [1.29, 1.82) is 5.26 Å². The molecule has 1 heterocycles. The van der Waals surface area contributed by atoms with Crippen LogP contribution >= 0.6 is 0 Å². The minimum atomic E-state index is -4.31. The van der Waals surface area contributed by atoms with Gasteiger partial charge in [0.1, 0.15) is 12.2 Å². The number of rotatable bonds is 3. The largest absolute Gasteiger partial charge is 0.408 e. The van der Waals surface area contributed by atoms with Crippen molar-refractivity contribution in [2.45, 2.75) is 44.3 Å². The van der Waals surface area contributed by atoms with E-state index in [1.165, 1.54) is 0 Å². The average molecular weight is 244 g/mol. The van der Waals surface area contributed by atoms with E-state index in [4.69, 9.17) is 5.26 Å². The first-order valence-electron chi connectivity index (χ1n) is 5.37. The third-order valence-corrected chi connectivity index (χ3v) is 2.91. The molecule has 0 radical (unpaired) electrons. The van der Waals surface area contributed by atoms with E-state index in [2.05, 4.69) is 10.3 Å². The highest BCUT2D eigenvalue weighted by molar-refractivity contribution is 5.20. The molecule has 0 aromatic carbocycles. The molecule has 0 aliphatic heterocycles. The number of hydrogen-bond donors (Lipinski definition) is 0. The van der Waals surface area contributed by atoms with Crippen LogP contribution in [0.5, 0.6) is 0 Å². The maximum absolute atomic E-state index is 12.3. The molecule has 0 spiro atoms. The van der Waals surface area contributed by atoms with Crippen LogP contribution in [0.15, 0.2) is 0 Å². The molecule has 0 saturated heterocycles. The predicted molar refractivity (Wildman–Crippen MR) is 52.0 cm³/mol. The number of nitrogens with zero attached hydrogens (tertiary/aromatic N) is 4. The molecule has 92 valence electrons. The number of halogens is 3. The van der Waals surface area contributed by atoms with Crippen molar-refractivity contribution in [1.82, 2.24) is 15.0 Å². The van der Waals surface area contributed by atoms with Crippen LogP contribution in [0.1, 0.15) is 36.6 Å². The average Bonchev–Trinajstić information content (AvgIpc) is 2.46. The van der Waals surface area contributed by atoms with Gasteiger partial charge in [0.25, 0.3) is 0 Å². The summed E-state index contributed by atoms with van der Waals surface area (Å²) in [6.07, 6.45) is -1.58. The summed E-state index contributed by atoms with van der Waals surface area (Å²) in [7, 11) is 0. The van der Waals surface area contributed by atoms with Gasteiger partial charge in [0.2, 0.25) is 0 Å². The standard InChI is InChI=1S/C10H11F3N4/c11-10(12,13)6-17-9(7-2-1-3-7)8(4-5-14)15-16-17/h7H,1-4,6H2. The fraction of sp³-hybridized carbons (Fsp3) is 0.700. The van der Waals surface area contributed by atoms with Crippen LogP contribution in [-0.4, -0.2) is 21.2 Å². The summed E-state index contributed by atoms with van der Waals surface area (Å²) in [4.78, 5) is 0. The maximum Gasteiger partial charge on any atom is 0.408 e. The zero-order chi connectivity index (χ0) is 12.5. The van der Waals surface area contributed by atoms with Crippen LogP contribution in [0.4, 0.5) is 13.2 Å². The summed E-state index contributed by atoms with van der Waals surface area (Å²) in [5, 5.41) is 15.8. The van der Waals surface area contributed by atoms with Gasteiger partial charge in [0, 0.05) is 5.92 Å². The molecule has 1 saturated carbocycles. The predicted octanol–water partition coefficient (Wildman–Crippen LogP) is 2.17. The second kappa shape index (κ2) is 4.35. The lowest BCUT2D eigenvalue weighted by molar-refractivity contribution is -0.143.